The number of nitrogens with zero attached hydrogens (tertiary/aromatic N) is 6. The molecule has 18 heavy (non-hydrogen) atoms. The number of hydrogen-bond acceptors (Lipinski definition) is 6. The van der Waals surface area contributed by atoms with Gasteiger partial charge < -0.3 is 14.2 Å². The van der Waals surface area contributed by atoms with Gasteiger partial charge in [-0.15, -0.1) is 10.2 Å². The summed E-state index contributed by atoms with van der Waals surface area (Å²) in [7, 11) is 0. The Balaban J connectivity index is 1.81. The molecule has 0 radical (unpaired) electrons. The molecule has 3 heterocycles. The summed E-state index contributed by atoms with van der Waals surface area (Å²) >= 11 is 0. The summed E-state index contributed by atoms with van der Waals surface area (Å²) in [5.41, 5.74) is 0. The van der Waals surface area contributed by atoms with E-state index in [9.17, 15) is 0 Å². The van der Waals surface area contributed by atoms with Gasteiger partial charge in [-0.05, 0) is 6.92 Å². The van der Waals surface area contributed by atoms with E-state index in [2.05, 4.69) is 29.6 Å². The average molecular weight is 246 g/mol. The number of fused-ring (bicyclic) bond motifs is 1. The van der Waals surface area contributed by atoms with E-state index in [0.717, 1.165) is 24.7 Å². The van der Waals surface area contributed by atoms with Gasteiger partial charge in [-0.3, -0.25) is 0 Å². The summed E-state index contributed by atoms with van der Waals surface area (Å²) in [5, 5.41) is 8.00. The molecule has 0 atom stereocenters. The van der Waals surface area contributed by atoms with Gasteiger partial charge in [-0.25, -0.2) is 9.97 Å². The molecule has 0 amide bonds. The second-order valence-electron chi connectivity index (χ2n) is 4.01. The maximum absolute atomic E-state index is 5.38. The maximum atomic E-state index is 5.38. The first-order valence-electron chi connectivity index (χ1n) is 5.93. The molecule has 0 N–H and O–H groups in total. The van der Waals surface area contributed by atoms with Crippen molar-refractivity contribution in [3.63, 3.8) is 0 Å². The molecule has 2 aromatic heterocycles. The lowest BCUT2D eigenvalue weighted by Gasteiger charge is -2.27. The number of anilines is 1. The standard InChI is InChI=1S/C11H14N6O/c1-2-18-11-5-9(12-7-13-11)16-3-4-17-8-14-15-10(17)6-16/h5,7-8H,2-4,6H2,1H3. The molecule has 0 fully saturated rings. The van der Waals surface area contributed by atoms with Crippen LogP contribution in [0.25, 0.3) is 0 Å². The molecule has 7 heteroatoms. The number of ether oxygens (including phenoxy) is 1. The first kappa shape index (κ1) is 10.9. The topological polar surface area (TPSA) is 69.0 Å². The zero-order chi connectivity index (χ0) is 12.4. The third-order valence-electron chi connectivity index (χ3n) is 2.88. The van der Waals surface area contributed by atoms with Crippen LogP contribution in [-0.2, 0) is 13.1 Å². The quantitative estimate of drug-likeness (QED) is 0.785. The summed E-state index contributed by atoms with van der Waals surface area (Å²) in [4.78, 5) is 10.5. The molecular weight excluding hydrogens is 232 g/mol. The van der Waals surface area contributed by atoms with Crippen LogP contribution in [0.4, 0.5) is 5.82 Å². The van der Waals surface area contributed by atoms with E-state index in [1.165, 1.54) is 6.33 Å². The minimum absolute atomic E-state index is 0.602. The smallest absolute Gasteiger partial charge is 0.218 e. The normalized spacial score (nSPS) is 14.4. The first-order valence-corrected chi connectivity index (χ1v) is 5.93. The van der Waals surface area contributed by atoms with Crippen molar-refractivity contribution >= 4 is 5.82 Å². The van der Waals surface area contributed by atoms with Gasteiger partial charge in [0, 0.05) is 19.2 Å². The van der Waals surface area contributed by atoms with Gasteiger partial charge in [0.2, 0.25) is 5.88 Å². The highest BCUT2D eigenvalue weighted by Gasteiger charge is 2.19. The van der Waals surface area contributed by atoms with E-state index in [1.54, 1.807) is 6.33 Å². The van der Waals surface area contributed by atoms with Crippen LogP contribution in [0.1, 0.15) is 12.7 Å². The zero-order valence-electron chi connectivity index (χ0n) is 10.2. The van der Waals surface area contributed by atoms with Crippen LogP contribution in [0.5, 0.6) is 5.88 Å². The van der Waals surface area contributed by atoms with Crippen LogP contribution in [0, 0.1) is 0 Å². The fourth-order valence-corrected chi connectivity index (χ4v) is 1.99. The fraction of sp³-hybridized carbons (Fsp3) is 0.455. The highest BCUT2D eigenvalue weighted by atomic mass is 16.5. The van der Waals surface area contributed by atoms with Crippen molar-refractivity contribution in [1.82, 2.24) is 24.7 Å². The van der Waals surface area contributed by atoms with E-state index >= 15 is 0 Å². The van der Waals surface area contributed by atoms with Crippen LogP contribution >= 0.6 is 0 Å². The van der Waals surface area contributed by atoms with Gasteiger partial charge in [0.25, 0.3) is 0 Å². The van der Waals surface area contributed by atoms with E-state index < -0.39 is 0 Å². The molecule has 0 unspecified atom stereocenters. The maximum Gasteiger partial charge on any atom is 0.218 e. The molecule has 0 aliphatic carbocycles. The molecule has 3 rings (SSSR count). The summed E-state index contributed by atoms with van der Waals surface area (Å²) in [6.45, 7) is 5.00. The third-order valence-corrected chi connectivity index (χ3v) is 2.88. The lowest BCUT2D eigenvalue weighted by Crippen LogP contribution is -2.34. The SMILES string of the molecule is CCOc1cc(N2CCn3cnnc3C2)ncn1. The lowest BCUT2D eigenvalue weighted by atomic mass is 10.3. The van der Waals surface area contributed by atoms with Crippen molar-refractivity contribution in [3.05, 3.63) is 24.5 Å². The minimum Gasteiger partial charge on any atom is -0.478 e. The van der Waals surface area contributed by atoms with Crippen molar-refractivity contribution < 1.29 is 4.74 Å². The van der Waals surface area contributed by atoms with Crippen LogP contribution in [0.2, 0.25) is 0 Å². The lowest BCUT2D eigenvalue weighted by molar-refractivity contribution is 0.326. The number of aromatic nitrogens is 5. The van der Waals surface area contributed by atoms with Gasteiger partial charge in [-0.1, -0.05) is 0 Å². The number of hydrogen-bond donors (Lipinski definition) is 0. The van der Waals surface area contributed by atoms with Crippen molar-refractivity contribution in [2.75, 3.05) is 18.1 Å². The molecule has 1 aliphatic rings. The van der Waals surface area contributed by atoms with Gasteiger partial charge in [0.1, 0.15) is 18.5 Å². The summed E-state index contributed by atoms with van der Waals surface area (Å²) in [6.07, 6.45) is 3.29. The largest absolute Gasteiger partial charge is 0.478 e. The third kappa shape index (κ3) is 1.99. The highest BCUT2D eigenvalue weighted by molar-refractivity contribution is 5.41. The van der Waals surface area contributed by atoms with Crippen molar-refractivity contribution in [2.24, 2.45) is 0 Å². The molecule has 7 nitrogen and oxygen atoms in total. The summed E-state index contributed by atoms with van der Waals surface area (Å²) < 4.78 is 7.44. The van der Waals surface area contributed by atoms with Gasteiger partial charge >= 0.3 is 0 Å². The van der Waals surface area contributed by atoms with Crippen molar-refractivity contribution in [3.8, 4) is 5.88 Å². The Morgan fingerprint density at radius 1 is 1.33 bits per heavy atom. The average Bonchev–Trinajstić information content (AvgIpc) is 2.86. The van der Waals surface area contributed by atoms with E-state index in [0.29, 0.717) is 19.0 Å². The Kier molecular flexibility index (Phi) is 2.79. The summed E-state index contributed by atoms with van der Waals surface area (Å²) in [5.74, 6) is 2.43. The van der Waals surface area contributed by atoms with Gasteiger partial charge in [-0.2, -0.15) is 0 Å². The van der Waals surface area contributed by atoms with E-state index in [4.69, 9.17) is 4.74 Å². The summed E-state index contributed by atoms with van der Waals surface area (Å²) in [6, 6.07) is 1.86. The second-order valence-corrected chi connectivity index (χ2v) is 4.01. The van der Waals surface area contributed by atoms with Crippen molar-refractivity contribution in [1.29, 1.82) is 0 Å². The molecule has 94 valence electrons. The Morgan fingerprint density at radius 3 is 3.17 bits per heavy atom. The van der Waals surface area contributed by atoms with Gasteiger partial charge in [0.05, 0.1) is 13.2 Å². The number of rotatable bonds is 3. The van der Waals surface area contributed by atoms with Crippen molar-refractivity contribution in [2.45, 2.75) is 20.0 Å². The van der Waals surface area contributed by atoms with E-state index in [1.807, 2.05) is 13.0 Å². The van der Waals surface area contributed by atoms with Gasteiger partial charge in [0.15, 0.2) is 5.82 Å². The predicted molar refractivity (Wildman–Crippen MR) is 64.3 cm³/mol. The van der Waals surface area contributed by atoms with Crippen LogP contribution < -0.4 is 9.64 Å². The molecule has 0 saturated carbocycles. The molecule has 1 aliphatic heterocycles. The molecule has 0 spiro atoms. The Labute approximate surface area is 104 Å². The Bertz CT molecular complexity index is 540. The highest BCUT2D eigenvalue weighted by Crippen LogP contribution is 2.20. The van der Waals surface area contributed by atoms with Crippen LogP contribution in [0.3, 0.4) is 0 Å². The van der Waals surface area contributed by atoms with Crippen LogP contribution in [-0.4, -0.2) is 37.9 Å². The second kappa shape index (κ2) is 4.59. The molecule has 2 aromatic rings. The fourth-order valence-electron chi connectivity index (χ4n) is 1.99. The molecule has 0 saturated heterocycles. The molecular formula is C11H14N6O. The molecule has 0 aromatic carbocycles. The Hall–Kier alpha value is -2.18. The Morgan fingerprint density at radius 2 is 2.28 bits per heavy atom. The van der Waals surface area contributed by atoms with Crippen LogP contribution in [0.15, 0.2) is 18.7 Å². The predicted octanol–water partition coefficient (Wildman–Crippen LogP) is 0.487. The minimum atomic E-state index is 0.602. The molecule has 0 bridgehead atoms. The first-order chi connectivity index (χ1) is 8.86. The van der Waals surface area contributed by atoms with E-state index in [-0.39, 0.29) is 0 Å². The zero-order valence-corrected chi connectivity index (χ0v) is 10.2. The monoisotopic (exact) mass is 246 g/mol.